The van der Waals surface area contributed by atoms with E-state index in [0.29, 0.717) is 0 Å². The standard InChI is InChI=1S/C41H62N2.2C9H19.Ni/c1-7-13-19-25-39-38(24-18-12-6)40(36-28-32(20-14-8-2)26-33(29-36)21-15-9-3)43(42)41(39)37-30-34(22-16-10-4)27-35(31-37)23-17-11-5;2*1-3-5-7-9-8-6-4-2;/h26-31H,7-25H2,1-6H3;2*1,3-9H2,2H3;. The first-order valence-corrected chi connectivity index (χ1v) is 28.5. The van der Waals surface area contributed by atoms with Gasteiger partial charge in [-0.05, 0) is 124 Å². The Hall–Kier alpha value is -1.99. The monoisotopic (exact) mass is 895 g/mol. The zero-order valence-corrected chi connectivity index (χ0v) is 43.4. The summed E-state index contributed by atoms with van der Waals surface area (Å²) in [5.41, 5.74) is 25.3. The average Bonchev–Trinajstić information content (AvgIpc) is 3.56. The normalized spacial score (nSPS) is 12.9. The molecule has 2 aromatic carbocycles. The Balaban J connectivity index is 0.000000585. The van der Waals surface area contributed by atoms with Crippen molar-refractivity contribution in [1.29, 1.82) is 0 Å². The Labute approximate surface area is 393 Å². The van der Waals surface area contributed by atoms with Crippen molar-refractivity contribution in [3.05, 3.63) is 86.5 Å². The molecule has 0 saturated heterocycles. The summed E-state index contributed by atoms with van der Waals surface area (Å²) in [5.74, 6) is 0. The molecule has 1 aliphatic rings. The number of unbranched alkanes of at least 4 members (excludes halogenated alkanes) is 19. The first-order valence-electron chi connectivity index (χ1n) is 27.1. The van der Waals surface area contributed by atoms with E-state index in [0.717, 1.165) is 62.8 Å². The van der Waals surface area contributed by atoms with Crippen molar-refractivity contribution < 1.29 is 19.1 Å². The predicted octanol–water partition coefficient (Wildman–Crippen LogP) is 20.4. The molecule has 0 bridgehead atoms. The van der Waals surface area contributed by atoms with E-state index < -0.39 is 0 Å². The van der Waals surface area contributed by atoms with Crippen LogP contribution in [0.5, 0.6) is 0 Å². The van der Waals surface area contributed by atoms with Gasteiger partial charge in [-0.1, -0.05) is 98.6 Å². The Morgan fingerprint density at radius 1 is 0.323 bits per heavy atom. The molecule has 356 valence electrons. The van der Waals surface area contributed by atoms with E-state index in [1.54, 1.807) is 4.70 Å². The van der Waals surface area contributed by atoms with Gasteiger partial charge in [-0.25, -0.2) is 4.70 Å². The molecule has 0 saturated carbocycles. The van der Waals surface area contributed by atoms with Gasteiger partial charge in [0.05, 0.1) is 0 Å². The van der Waals surface area contributed by atoms with Crippen molar-refractivity contribution in [2.24, 2.45) is 0 Å². The number of allylic oxidation sites excluding steroid dienone is 2. The first kappa shape index (κ1) is 56.1. The van der Waals surface area contributed by atoms with Gasteiger partial charge in [0.15, 0.2) is 0 Å². The van der Waals surface area contributed by atoms with Gasteiger partial charge in [-0.3, -0.25) is 0 Å². The fraction of sp³-hybridized carbons (Fsp3) is 0.729. The van der Waals surface area contributed by atoms with Gasteiger partial charge in [0.1, 0.15) is 0 Å². The molecule has 0 atom stereocenters. The molecule has 0 amide bonds. The molecule has 0 unspecified atom stereocenters. The first-order chi connectivity index (χ1) is 30.4. The van der Waals surface area contributed by atoms with Crippen LogP contribution in [0.1, 0.15) is 275 Å². The van der Waals surface area contributed by atoms with Crippen LogP contribution in [0.4, 0.5) is 0 Å². The Kier molecular flexibility index (Phi) is 33.7. The second kappa shape index (κ2) is 37.3. The second-order valence-corrected chi connectivity index (χ2v) is 20.2. The van der Waals surface area contributed by atoms with Gasteiger partial charge in [-0.2, -0.15) is 0 Å². The number of nitrogens with zero attached hydrogens (tertiary/aromatic N) is 2. The molecule has 0 N–H and O–H groups in total. The van der Waals surface area contributed by atoms with Crippen molar-refractivity contribution in [3.63, 3.8) is 0 Å². The third-order valence-electron chi connectivity index (χ3n) is 12.8. The number of hydrogen-bond donors (Lipinski definition) is 0. The van der Waals surface area contributed by atoms with Crippen molar-refractivity contribution in [1.82, 2.24) is 0 Å². The van der Waals surface area contributed by atoms with Crippen molar-refractivity contribution in [2.45, 2.75) is 278 Å². The van der Waals surface area contributed by atoms with E-state index in [1.807, 2.05) is 14.4 Å². The SMILES string of the molecule is CCCCCC1=C(c2cc(CCCC)cc(CCCC)c2)[N+](=[N-])C(c2cc(CCCC)cc(CCCC)c2)=C1CCCC.CCCCCCCC[CH2][Ni][CH2]CCCCCCCC. The predicted molar refractivity (Wildman–Crippen MR) is 274 cm³/mol. The molecule has 1 heterocycles. The third-order valence-corrected chi connectivity index (χ3v) is 14.1. The van der Waals surface area contributed by atoms with E-state index in [4.69, 9.17) is 0 Å². The Bertz CT molecular complexity index is 1450. The molecule has 0 aliphatic carbocycles. The van der Waals surface area contributed by atoms with Crippen LogP contribution in [0, 0.1) is 0 Å². The van der Waals surface area contributed by atoms with Crippen LogP contribution in [0.15, 0.2) is 47.5 Å². The minimum atomic E-state index is 1.02. The summed E-state index contributed by atoms with van der Waals surface area (Å²) in [4.78, 5) is 0. The summed E-state index contributed by atoms with van der Waals surface area (Å²) in [7, 11) is 0. The molecule has 2 aromatic rings. The molecule has 0 aromatic heterocycles. The van der Waals surface area contributed by atoms with E-state index >= 15 is 0 Å². The molecule has 3 rings (SSSR count). The van der Waals surface area contributed by atoms with Crippen LogP contribution >= 0.6 is 0 Å². The summed E-state index contributed by atoms with van der Waals surface area (Å²) in [6, 6.07) is 14.5. The van der Waals surface area contributed by atoms with E-state index in [2.05, 4.69) is 91.8 Å². The fourth-order valence-corrected chi connectivity index (χ4v) is 10.1. The quantitative estimate of drug-likeness (QED) is 0.0367. The Morgan fingerprint density at radius 3 is 0.935 bits per heavy atom. The molecule has 2 nitrogen and oxygen atoms in total. The van der Waals surface area contributed by atoms with E-state index in [9.17, 15) is 5.53 Å². The number of aryl methyl sites for hydroxylation is 4. The van der Waals surface area contributed by atoms with Crippen LogP contribution in [0.3, 0.4) is 0 Å². The molecule has 0 spiro atoms. The van der Waals surface area contributed by atoms with Crippen molar-refractivity contribution in [2.75, 3.05) is 0 Å². The van der Waals surface area contributed by atoms with Gasteiger partial charge in [0, 0.05) is 22.3 Å². The van der Waals surface area contributed by atoms with Crippen LogP contribution in [0.25, 0.3) is 16.9 Å². The number of hydrogen-bond acceptors (Lipinski definition) is 0. The maximum absolute atomic E-state index is 12.3. The second-order valence-electron chi connectivity index (χ2n) is 18.7. The summed E-state index contributed by atoms with van der Waals surface area (Å²) >= 11 is 2.01. The summed E-state index contributed by atoms with van der Waals surface area (Å²) in [6.45, 7) is 18.3. The van der Waals surface area contributed by atoms with E-state index in [1.165, 1.54) is 216 Å². The van der Waals surface area contributed by atoms with Crippen LogP contribution in [-0.2, 0) is 40.1 Å². The summed E-state index contributed by atoms with van der Waals surface area (Å²) in [5, 5.41) is 2.85. The molecular formula is C59H100N2Ni. The molecule has 3 heteroatoms. The Morgan fingerprint density at radius 2 is 0.597 bits per heavy atom. The third kappa shape index (κ3) is 22.8. The number of rotatable bonds is 37. The summed E-state index contributed by atoms with van der Waals surface area (Å²) < 4.78 is 1.64. The molecule has 0 fully saturated rings. The van der Waals surface area contributed by atoms with Crippen molar-refractivity contribution >= 4 is 11.4 Å². The van der Waals surface area contributed by atoms with Gasteiger partial charge in [-0.15, -0.1) is 0 Å². The fourth-order valence-electron chi connectivity index (χ4n) is 8.90. The topological polar surface area (TPSA) is 25.3 Å². The van der Waals surface area contributed by atoms with Gasteiger partial charge >= 0.3 is 129 Å². The van der Waals surface area contributed by atoms with Crippen LogP contribution in [-0.4, -0.2) is 4.70 Å². The maximum atomic E-state index is 12.3. The van der Waals surface area contributed by atoms with Crippen molar-refractivity contribution in [3.8, 4) is 0 Å². The zero-order valence-electron chi connectivity index (χ0n) is 42.4. The molecular weight excluding hydrogens is 795 g/mol. The molecule has 0 radical (unpaired) electrons. The average molecular weight is 896 g/mol. The molecule has 1 aliphatic heterocycles. The van der Waals surface area contributed by atoms with Gasteiger partial charge in [0.2, 0.25) is 11.4 Å². The van der Waals surface area contributed by atoms with E-state index in [-0.39, 0.29) is 0 Å². The number of benzene rings is 2. The molecule has 62 heavy (non-hydrogen) atoms. The van der Waals surface area contributed by atoms with Gasteiger partial charge < -0.3 is 5.53 Å². The van der Waals surface area contributed by atoms with Crippen LogP contribution < -0.4 is 0 Å². The minimum absolute atomic E-state index is 1.02. The zero-order chi connectivity index (χ0) is 45.0. The summed E-state index contributed by atoms with van der Waals surface area (Å²) in [6.07, 6.45) is 42.3. The van der Waals surface area contributed by atoms with Gasteiger partial charge in [0.25, 0.3) is 0 Å². The van der Waals surface area contributed by atoms with Crippen LogP contribution in [0.2, 0.25) is 10.8 Å².